The summed E-state index contributed by atoms with van der Waals surface area (Å²) >= 11 is 0. The lowest BCUT2D eigenvalue weighted by Gasteiger charge is -2.09. The third-order valence-corrected chi connectivity index (χ3v) is 2.54. The van der Waals surface area contributed by atoms with Crippen molar-refractivity contribution in [2.24, 2.45) is 0 Å². The van der Waals surface area contributed by atoms with E-state index in [1.807, 2.05) is 0 Å². The highest BCUT2D eigenvalue weighted by atomic mass is 19.1. The maximum absolute atomic E-state index is 13.5. The Balaban J connectivity index is 2.00. The monoisotopic (exact) mass is 291 g/mol. The van der Waals surface area contributed by atoms with E-state index in [2.05, 4.69) is 16.0 Å². The van der Waals surface area contributed by atoms with Crippen LogP contribution in [0.2, 0.25) is 0 Å². The first-order chi connectivity index (χ1) is 10.1. The average molecular weight is 291 g/mol. The van der Waals surface area contributed by atoms with Crippen molar-refractivity contribution in [3.05, 3.63) is 54.1 Å². The third-order valence-electron chi connectivity index (χ3n) is 2.54. The molecule has 21 heavy (non-hydrogen) atoms. The number of amides is 3. The number of carbonyl (C=O) groups excluding carboxylic acids is 2. The van der Waals surface area contributed by atoms with E-state index < -0.39 is 17.7 Å². The van der Waals surface area contributed by atoms with Crippen LogP contribution in [0.25, 0.3) is 0 Å². The molecular formula is C14H11F2N3O2. The molecule has 3 amide bonds. The van der Waals surface area contributed by atoms with Crippen LogP contribution in [0.3, 0.4) is 0 Å². The Morgan fingerprint density at radius 1 is 0.952 bits per heavy atom. The van der Waals surface area contributed by atoms with Gasteiger partial charge in [-0.2, -0.15) is 0 Å². The fraction of sp³-hybridized carbons (Fsp3) is 0. The molecule has 2 rings (SSSR count). The van der Waals surface area contributed by atoms with Gasteiger partial charge in [0.15, 0.2) is 0 Å². The van der Waals surface area contributed by atoms with E-state index in [9.17, 15) is 18.4 Å². The molecule has 7 heteroatoms. The van der Waals surface area contributed by atoms with Crippen LogP contribution in [-0.4, -0.2) is 12.4 Å². The van der Waals surface area contributed by atoms with Crippen LogP contribution in [-0.2, 0) is 4.79 Å². The van der Waals surface area contributed by atoms with Crippen LogP contribution < -0.4 is 16.0 Å². The summed E-state index contributed by atoms with van der Waals surface area (Å²) in [6, 6.07) is 8.41. The van der Waals surface area contributed by atoms with Gasteiger partial charge in [-0.1, -0.05) is 0 Å². The van der Waals surface area contributed by atoms with Gasteiger partial charge in [-0.05, 0) is 42.5 Å². The van der Waals surface area contributed by atoms with Crippen LogP contribution in [0.1, 0.15) is 0 Å². The highest BCUT2D eigenvalue weighted by molar-refractivity contribution is 5.99. The zero-order valence-corrected chi connectivity index (χ0v) is 10.7. The Morgan fingerprint density at radius 2 is 1.57 bits per heavy atom. The maximum Gasteiger partial charge on any atom is 0.323 e. The minimum atomic E-state index is -0.679. The van der Waals surface area contributed by atoms with Crippen LogP contribution in [0.4, 0.5) is 30.6 Å². The zero-order chi connectivity index (χ0) is 15.2. The largest absolute Gasteiger partial charge is 0.326 e. The number of nitrogens with one attached hydrogen (secondary N) is 3. The Labute approximate surface area is 119 Å². The van der Waals surface area contributed by atoms with Crippen molar-refractivity contribution in [3.63, 3.8) is 0 Å². The molecule has 0 atom stereocenters. The zero-order valence-electron chi connectivity index (χ0n) is 10.7. The molecular weight excluding hydrogens is 280 g/mol. The first kappa shape index (κ1) is 14.4. The van der Waals surface area contributed by atoms with Gasteiger partial charge in [0, 0.05) is 11.4 Å². The van der Waals surface area contributed by atoms with Crippen LogP contribution in [0.15, 0.2) is 42.5 Å². The van der Waals surface area contributed by atoms with Crippen molar-refractivity contribution in [1.82, 2.24) is 0 Å². The molecule has 0 radical (unpaired) electrons. The number of rotatable bonds is 4. The molecule has 0 saturated heterocycles. The van der Waals surface area contributed by atoms with Gasteiger partial charge in [-0.3, -0.25) is 4.79 Å². The maximum atomic E-state index is 13.5. The molecule has 108 valence electrons. The van der Waals surface area contributed by atoms with Crippen molar-refractivity contribution in [3.8, 4) is 0 Å². The van der Waals surface area contributed by atoms with Gasteiger partial charge >= 0.3 is 6.03 Å². The van der Waals surface area contributed by atoms with E-state index >= 15 is 0 Å². The molecule has 0 fully saturated rings. The molecule has 0 unspecified atom stereocenters. The lowest BCUT2D eigenvalue weighted by Crippen LogP contribution is -2.19. The number of hydrogen-bond donors (Lipinski definition) is 3. The highest BCUT2D eigenvalue weighted by Crippen LogP contribution is 2.18. The summed E-state index contributed by atoms with van der Waals surface area (Å²) in [5.74, 6) is -1.09. The topological polar surface area (TPSA) is 70.2 Å². The number of hydrogen-bond acceptors (Lipinski definition) is 2. The van der Waals surface area contributed by atoms with E-state index in [0.29, 0.717) is 12.1 Å². The summed E-state index contributed by atoms with van der Waals surface area (Å²) in [5, 5.41) is 7.06. The fourth-order valence-electron chi connectivity index (χ4n) is 1.60. The minimum absolute atomic E-state index is 0.00879. The second-order valence-corrected chi connectivity index (χ2v) is 4.04. The van der Waals surface area contributed by atoms with Gasteiger partial charge in [0.2, 0.25) is 6.41 Å². The van der Waals surface area contributed by atoms with Gasteiger partial charge < -0.3 is 16.0 Å². The second kappa shape index (κ2) is 6.47. The quantitative estimate of drug-likeness (QED) is 0.757. The van der Waals surface area contributed by atoms with Crippen LogP contribution in [0, 0.1) is 11.6 Å². The lowest BCUT2D eigenvalue weighted by molar-refractivity contribution is -0.105. The van der Waals surface area contributed by atoms with Crippen molar-refractivity contribution in [2.45, 2.75) is 0 Å². The molecule has 0 aliphatic rings. The lowest BCUT2D eigenvalue weighted by atomic mass is 10.2. The number of anilines is 3. The van der Waals surface area contributed by atoms with Crippen molar-refractivity contribution in [2.75, 3.05) is 16.0 Å². The molecule has 5 nitrogen and oxygen atoms in total. The molecule has 3 N–H and O–H groups in total. The Hall–Kier alpha value is -2.96. The summed E-state index contributed by atoms with van der Waals surface area (Å²) in [7, 11) is 0. The number of halogens is 2. The molecule has 0 aromatic heterocycles. The van der Waals surface area contributed by atoms with E-state index in [-0.39, 0.29) is 11.4 Å². The Bertz CT molecular complexity index is 660. The van der Waals surface area contributed by atoms with Crippen molar-refractivity contribution < 1.29 is 18.4 Å². The van der Waals surface area contributed by atoms with Gasteiger partial charge in [0.25, 0.3) is 0 Å². The summed E-state index contributed by atoms with van der Waals surface area (Å²) in [5.41, 5.74) is 0.617. The molecule has 0 heterocycles. The smallest absolute Gasteiger partial charge is 0.323 e. The second-order valence-electron chi connectivity index (χ2n) is 4.04. The Morgan fingerprint density at radius 3 is 2.19 bits per heavy atom. The first-order valence-corrected chi connectivity index (χ1v) is 5.92. The standard InChI is InChI=1S/C14H11F2N3O2/c15-9-1-3-10(4-2-9)18-14(21)19-11-5-6-13(17-8-20)12(16)7-11/h1-8H,(H,17,20)(H2,18,19,21). The van der Waals surface area contributed by atoms with Crippen molar-refractivity contribution in [1.29, 1.82) is 0 Å². The fourth-order valence-corrected chi connectivity index (χ4v) is 1.60. The van der Waals surface area contributed by atoms with E-state index in [4.69, 9.17) is 0 Å². The molecule has 0 saturated carbocycles. The number of urea groups is 1. The number of benzene rings is 2. The normalized spacial score (nSPS) is 9.81. The van der Waals surface area contributed by atoms with E-state index in [0.717, 1.165) is 6.07 Å². The molecule has 0 aliphatic heterocycles. The first-order valence-electron chi connectivity index (χ1n) is 5.92. The van der Waals surface area contributed by atoms with Crippen LogP contribution >= 0.6 is 0 Å². The Kier molecular flexibility index (Phi) is 4.45. The number of carbonyl (C=O) groups is 2. The summed E-state index contributed by atoms with van der Waals surface area (Å²) in [6.45, 7) is 0. The minimum Gasteiger partial charge on any atom is -0.326 e. The molecule has 0 spiro atoms. The highest BCUT2D eigenvalue weighted by Gasteiger charge is 2.06. The SMILES string of the molecule is O=CNc1ccc(NC(=O)Nc2ccc(F)cc2)cc1F. The van der Waals surface area contributed by atoms with Gasteiger partial charge in [-0.25, -0.2) is 13.6 Å². The van der Waals surface area contributed by atoms with Gasteiger partial charge in [0.1, 0.15) is 11.6 Å². The molecule has 2 aromatic carbocycles. The summed E-state index contributed by atoms with van der Waals surface area (Å²) < 4.78 is 26.2. The van der Waals surface area contributed by atoms with Gasteiger partial charge in [0.05, 0.1) is 5.69 Å². The van der Waals surface area contributed by atoms with Crippen LogP contribution in [0.5, 0.6) is 0 Å². The predicted molar refractivity (Wildman–Crippen MR) is 75.1 cm³/mol. The third kappa shape index (κ3) is 4.00. The summed E-state index contributed by atoms with van der Waals surface area (Å²) in [4.78, 5) is 21.9. The average Bonchev–Trinajstić information content (AvgIpc) is 2.44. The molecule has 0 bridgehead atoms. The molecule has 0 aliphatic carbocycles. The molecule has 2 aromatic rings. The summed E-state index contributed by atoms with van der Waals surface area (Å²) in [6.07, 6.45) is 0.354. The van der Waals surface area contributed by atoms with Gasteiger partial charge in [-0.15, -0.1) is 0 Å². The predicted octanol–water partition coefficient (Wildman–Crippen LogP) is 3.18. The van der Waals surface area contributed by atoms with E-state index in [1.165, 1.54) is 36.4 Å². The van der Waals surface area contributed by atoms with Crippen molar-refractivity contribution >= 4 is 29.5 Å². The van der Waals surface area contributed by atoms with E-state index in [1.54, 1.807) is 0 Å².